The molecule has 0 amide bonds. The number of phosphoric ester groups is 2. The standard InChI is InChI=1S/C30H22O2.C24H20O7P2.C6H6O2/c1-5-13-23(14-6-1)27-21-22-28(31-25-17-9-3-10-18-25)29(24-15-7-2-8-16-24)30(27)32-26-19-11-4-12-20-26;25-32(27-21-13-5-1-6-14-21,28-22-15-7-2-8-16-22)31-33(26,29-23-17-9-3-10-18-23)30-24-19-11-4-12-20-24;7-5-2-1-3-6(8)4-5/h1-22H;1-20H;1-4,7-8H. The third kappa shape index (κ3) is 15.3. The van der Waals surface area contributed by atoms with Gasteiger partial charge < -0.3 is 37.8 Å². The molecule has 13 heteroatoms. The minimum Gasteiger partial charge on any atom is -0.508 e. The van der Waals surface area contributed by atoms with Crippen molar-refractivity contribution in [3.05, 3.63) is 279 Å². The fraction of sp³-hybridized carbons (Fsp3) is 0. The van der Waals surface area contributed by atoms with E-state index in [1.807, 2.05) is 103 Å². The summed E-state index contributed by atoms with van der Waals surface area (Å²) in [5.74, 6) is 3.97. The lowest BCUT2D eigenvalue weighted by molar-refractivity contribution is 0.243. The first kappa shape index (κ1) is 50.4. The molecule has 11 nitrogen and oxygen atoms in total. The number of hydrogen-bond donors (Lipinski definition) is 2. The van der Waals surface area contributed by atoms with Crippen LogP contribution in [0.15, 0.2) is 279 Å². The maximum absolute atomic E-state index is 13.7. The number of phosphoric acid groups is 2. The van der Waals surface area contributed by atoms with Crippen LogP contribution >= 0.6 is 15.6 Å². The molecule has 10 aromatic carbocycles. The largest absolute Gasteiger partial charge is 0.598 e. The number of ether oxygens (including phenoxy) is 2. The van der Waals surface area contributed by atoms with E-state index in [-0.39, 0.29) is 34.5 Å². The molecule has 10 rings (SSSR count). The maximum Gasteiger partial charge on any atom is 0.598 e. The number of aromatic hydroxyl groups is 2. The topological polar surface area (TPSA) is 139 Å². The molecule has 364 valence electrons. The molecule has 0 unspecified atom stereocenters. The molecular weight excluding hydrogens is 959 g/mol. The van der Waals surface area contributed by atoms with Gasteiger partial charge in [0.25, 0.3) is 0 Å². The lowest BCUT2D eigenvalue weighted by atomic mass is 9.96. The molecule has 0 saturated heterocycles. The molecule has 0 heterocycles. The summed E-state index contributed by atoms with van der Waals surface area (Å²) in [7, 11) is -9.14. The second kappa shape index (κ2) is 25.2. The molecule has 0 aliphatic rings. The Labute approximate surface area is 423 Å². The van der Waals surface area contributed by atoms with Crippen LogP contribution in [0.5, 0.6) is 57.5 Å². The second-order valence-electron chi connectivity index (χ2n) is 15.5. The molecule has 10 aromatic rings. The highest BCUT2D eigenvalue weighted by atomic mass is 31.3. The van der Waals surface area contributed by atoms with Crippen molar-refractivity contribution >= 4 is 15.6 Å². The number of benzene rings is 10. The van der Waals surface area contributed by atoms with Crippen molar-refractivity contribution in [2.75, 3.05) is 0 Å². The van der Waals surface area contributed by atoms with Gasteiger partial charge >= 0.3 is 15.6 Å². The van der Waals surface area contributed by atoms with E-state index in [4.69, 9.17) is 42.1 Å². The van der Waals surface area contributed by atoms with Crippen LogP contribution in [-0.2, 0) is 13.4 Å². The van der Waals surface area contributed by atoms with Gasteiger partial charge in [0.2, 0.25) is 0 Å². The Balaban J connectivity index is 0.000000169. The van der Waals surface area contributed by atoms with E-state index in [0.717, 1.165) is 45.3 Å². The average Bonchev–Trinajstić information content (AvgIpc) is 3.41. The lowest BCUT2D eigenvalue weighted by Gasteiger charge is -2.23. The normalized spacial score (nSPS) is 10.7. The Kier molecular flexibility index (Phi) is 17.4. The fourth-order valence-electron chi connectivity index (χ4n) is 6.86. The number of phenolic OH excluding ortho intramolecular Hbond substituents is 2. The summed E-state index contributed by atoms with van der Waals surface area (Å²) in [6.07, 6.45) is 0. The van der Waals surface area contributed by atoms with Gasteiger partial charge in [0.1, 0.15) is 57.5 Å². The highest BCUT2D eigenvalue weighted by Gasteiger charge is 2.46. The zero-order valence-electron chi connectivity index (χ0n) is 39.0. The van der Waals surface area contributed by atoms with Gasteiger partial charge in [-0.25, -0.2) is 9.13 Å². The van der Waals surface area contributed by atoms with Crippen molar-refractivity contribution in [3.8, 4) is 79.7 Å². The summed E-state index contributed by atoms with van der Waals surface area (Å²) in [4.78, 5) is 0. The zero-order valence-corrected chi connectivity index (χ0v) is 40.8. The quantitative estimate of drug-likeness (QED) is 0.0894. The van der Waals surface area contributed by atoms with E-state index in [1.165, 1.54) is 18.2 Å². The van der Waals surface area contributed by atoms with Crippen LogP contribution in [0.3, 0.4) is 0 Å². The third-order valence-electron chi connectivity index (χ3n) is 10.1. The summed E-state index contributed by atoms with van der Waals surface area (Å²) in [6.45, 7) is 0. The van der Waals surface area contributed by atoms with E-state index < -0.39 is 15.6 Å². The maximum atomic E-state index is 13.7. The van der Waals surface area contributed by atoms with Crippen LogP contribution in [0.4, 0.5) is 0 Å². The van der Waals surface area contributed by atoms with Crippen LogP contribution in [0.1, 0.15) is 0 Å². The van der Waals surface area contributed by atoms with Gasteiger partial charge in [0.15, 0.2) is 0 Å². The predicted octanol–water partition coefficient (Wildman–Crippen LogP) is 17.2. The Hall–Kier alpha value is -8.98. The molecule has 0 atom stereocenters. The summed E-state index contributed by atoms with van der Waals surface area (Å²) < 4.78 is 68.1. The summed E-state index contributed by atoms with van der Waals surface area (Å²) in [5.41, 5.74) is 4.04. The van der Waals surface area contributed by atoms with E-state index in [0.29, 0.717) is 0 Å². The van der Waals surface area contributed by atoms with Gasteiger partial charge in [-0.1, -0.05) is 176 Å². The van der Waals surface area contributed by atoms with Crippen LogP contribution in [0.25, 0.3) is 22.3 Å². The molecule has 2 N–H and O–H groups in total. The van der Waals surface area contributed by atoms with Gasteiger partial charge in [0.05, 0.1) is 5.56 Å². The lowest BCUT2D eigenvalue weighted by Crippen LogP contribution is -2.10. The Morgan fingerprint density at radius 3 is 0.959 bits per heavy atom. The number of rotatable bonds is 16. The predicted molar refractivity (Wildman–Crippen MR) is 285 cm³/mol. The minimum atomic E-state index is -4.57. The van der Waals surface area contributed by atoms with Crippen molar-refractivity contribution < 1.29 is 51.2 Å². The van der Waals surface area contributed by atoms with Gasteiger partial charge in [0, 0.05) is 11.6 Å². The fourth-order valence-corrected chi connectivity index (χ4v) is 9.97. The summed E-state index contributed by atoms with van der Waals surface area (Å²) in [6, 6.07) is 83.2. The molecule has 0 fully saturated rings. The van der Waals surface area contributed by atoms with Gasteiger partial charge in [-0.2, -0.15) is 0 Å². The summed E-state index contributed by atoms with van der Waals surface area (Å²) in [5, 5.41) is 17.3. The molecular formula is C60H48O11P2. The van der Waals surface area contributed by atoms with Gasteiger partial charge in [-0.15, -0.1) is 4.31 Å². The smallest absolute Gasteiger partial charge is 0.508 e. The van der Waals surface area contributed by atoms with E-state index in [1.54, 1.807) is 127 Å². The zero-order chi connectivity index (χ0) is 50.6. The number of para-hydroxylation sites is 6. The molecule has 0 radical (unpaired) electrons. The first-order valence-electron chi connectivity index (χ1n) is 22.8. The third-order valence-corrected chi connectivity index (χ3v) is 13.4. The van der Waals surface area contributed by atoms with Crippen molar-refractivity contribution in [2.45, 2.75) is 0 Å². The molecule has 0 aliphatic carbocycles. The van der Waals surface area contributed by atoms with E-state index in [2.05, 4.69) is 30.3 Å². The van der Waals surface area contributed by atoms with Crippen molar-refractivity contribution in [3.63, 3.8) is 0 Å². The van der Waals surface area contributed by atoms with Crippen molar-refractivity contribution in [2.24, 2.45) is 0 Å². The molecule has 73 heavy (non-hydrogen) atoms. The van der Waals surface area contributed by atoms with E-state index in [9.17, 15) is 9.13 Å². The first-order valence-corrected chi connectivity index (χ1v) is 25.7. The van der Waals surface area contributed by atoms with Crippen LogP contribution in [-0.4, -0.2) is 10.2 Å². The van der Waals surface area contributed by atoms with E-state index >= 15 is 0 Å². The van der Waals surface area contributed by atoms with Gasteiger partial charge in [-0.05, 0) is 108 Å². The molecule has 0 spiro atoms. The minimum absolute atomic E-state index is 0.0880. The number of phenols is 2. The Bertz CT molecular complexity index is 3120. The number of hydrogen-bond acceptors (Lipinski definition) is 11. The monoisotopic (exact) mass is 1010 g/mol. The second-order valence-corrected chi connectivity index (χ2v) is 18.7. The Morgan fingerprint density at radius 1 is 0.301 bits per heavy atom. The van der Waals surface area contributed by atoms with Crippen LogP contribution in [0.2, 0.25) is 0 Å². The molecule has 0 aromatic heterocycles. The van der Waals surface area contributed by atoms with Crippen LogP contribution < -0.4 is 27.6 Å². The molecule has 0 saturated carbocycles. The first-order chi connectivity index (χ1) is 35.7. The highest BCUT2D eigenvalue weighted by Crippen LogP contribution is 2.64. The van der Waals surface area contributed by atoms with Crippen molar-refractivity contribution in [1.82, 2.24) is 0 Å². The van der Waals surface area contributed by atoms with Crippen molar-refractivity contribution in [1.29, 1.82) is 0 Å². The molecule has 0 bridgehead atoms. The Morgan fingerprint density at radius 2 is 0.616 bits per heavy atom. The molecule has 0 aliphatic heterocycles. The van der Waals surface area contributed by atoms with Crippen LogP contribution in [0, 0.1) is 0 Å². The highest BCUT2D eigenvalue weighted by molar-refractivity contribution is 7.63. The SMILES string of the molecule is O=P(Oc1ccccc1)(Oc1ccccc1)OP(=O)(Oc1ccccc1)Oc1ccccc1.Oc1cccc(O)c1.c1ccc(Oc2ccc(-c3ccccc3)c(Oc3ccccc3)c2-c2ccccc2)cc1. The van der Waals surface area contributed by atoms with Gasteiger partial charge in [-0.3, -0.25) is 0 Å². The average molecular weight is 1010 g/mol. The summed E-state index contributed by atoms with van der Waals surface area (Å²) >= 11 is 0.